The lowest BCUT2D eigenvalue weighted by molar-refractivity contribution is -0.116. The summed E-state index contributed by atoms with van der Waals surface area (Å²) in [4.78, 5) is 28.6. The van der Waals surface area contributed by atoms with Gasteiger partial charge in [-0.3, -0.25) is 14.9 Å². The average Bonchev–Trinajstić information content (AvgIpc) is 2.83. The summed E-state index contributed by atoms with van der Waals surface area (Å²) in [5.74, 6) is -0.160. The van der Waals surface area contributed by atoms with E-state index in [2.05, 4.69) is 15.6 Å². The minimum atomic E-state index is -0.181. The first-order valence-electron chi connectivity index (χ1n) is 6.28. The fraction of sp³-hybridized carbons (Fsp3) is 0.214. The highest BCUT2D eigenvalue weighted by molar-refractivity contribution is 7.15. The Hall–Kier alpha value is -2.21. The van der Waals surface area contributed by atoms with Crippen LogP contribution in [0.2, 0.25) is 0 Å². The number of nitrogens with one attached hydrogen (secondary N) is 2. The molecule has 0 spiro atoms. The molecule has 20 heavy (non-hydrogen) atoms. The number of nitrogens with zero attached hydrogens (tertiary/aromatic N) is 1. The first-order chi connectivity index (χ1) is 9.61. The summed E-state index contributed by atoms with van der Waals surface area (Å²) in [6, 6.07) is 5.30. The van der Waals surface area contributed by atoms with Crippen molar-refractivity contribution in [3.8, 4) is 0 Å². The number of hydrogen-bond donors (Lipinski definition) is 2. The molecule has 1 aliphatic heterocycles. The van der Waals surface area contributed by atoms with E-state index in [0.29, 0.717) is 23.5 Å². The van der Waals surface area contributed by atoms with E-state index >= 15 is 0 Å². The van der Waals surface area contributed by atoms with Crippen LogP contribution in [0.15, 0.2) is 24.4 Å². The number of hydrogen-bond acceptors (Lipinski definition) is 4. The zero-order valence-corrected chi connectivity index (χ0v) is 11.7. The highest BCUT2D eigenvalue weighted by Crippen LogP contribution is 2.24. The Morgan fingerprint density at radius 2 is 2.25 bits per heavy atom. The van der Waals surface area contributed by atoms with Gasteiger partial charge in [-0.2, -0.15) is 0 Å². The van der Waals surface area contributed by atoms with E-state index < -0.39 is 0 Å². The maximum atomic E-state index is 12.1. The van der Waals surface area contributed by atoms with Crippen LogP contribution in [0.4, 0.5) is 10.8 Å². The number of amides is 2. The quantitative estimate of drug-likeness (QED) is 0.891. The van der Waals surface area contributed by atoms with E-state index in [4.69, 9.17) is 0 Å². The van der Waals surface area contributed by atoms with Gasteiger partial charge in [0.2, 0.25) is 5.91 Å². The normalized spacial score (nSPS) is 13.6. The van der Waals surface area contributed by atoms with Crippen LogP contribution in [0.3, 0.4) is 0 Å². The second kappa shape index (κ2) is 5.05. The smallest absolute Gasteiger partial charge is 0.257 e. The minimum Gasteiger partial charge on any atom is -0.326 e. The molecule has 1 aromatic carbocycles. The van der Waals surface area contributed by atoms with Gasteiger partial charge in [0.25, 0.3) is 5.91 Å². The van der Waals surface area contributed by atoms with Crippen LogP contribution in [0.25, 0.3) is 0 Å². The molecule has 2 aromatic rings. The molecule has 6 heteroatoms. The predicted octanol–water partition coefficient (Wildman–Crippen LogP) is 2.59. The molecule has 2 amide bonds. The number of fused-ring (bicyclic) bond motifs is 1. The van der Waals surface area contributed by atoms with Gasteiger partial charge in [-0.25, -0.2) is 4.98 Å². The maximum absolute atomic E-state index is 12.1. The molecule has 0 radical (unpaired) electrons. The molecule has 0 saturated heterocycles. The van der Waals surface area contributed by atoms with Crippen molar-refractivity contribution in [1.82, 2.24) is 4.98 Å². The van der Waals surface area contributed by atoms with Crippen LogP contribution < -0.4 is 10.6 Å². The zero-order valence-electron chi connectivity index (χ0n) is 10.9. The van der Waals surface area contributed by atoms with E-state index in [0.717, 1.165) is 16.1 Å². The van der Waals surface area contributed by atoms with Gasteiger partial charge in [-0.05, 0) is 37.1 Å². The molecule has 1 aromatic heterocycles. The largest absolute Gasteiger partial charge is 0.326 e. The number of rotatable bonds is 2. The molecule has 2 heterocycles. The first kappa shape index (κ1) is 12.8. The van der Waals surface area contributed by atoms with E-state index in [1.807, 2.05) is 13.0 Å². The monoisotopic (exact) mass is 287 g/mol. The third kappa shape index (κ3) is 2.55. The first-order valence-corrected chi connectivity index (χ1v) is 7.10. The molecular weight excluding hydrogens is 274 g/mol. The van der Waals surface area contributed by atoms with Gasteiger partial charge < -0.3 is 5.32 Å². The van der Waals surface area contributed by atoms with Crippen LogP contribution in [-0.4, -0.2) is 16.8 Å². The highest BCUT2D eigenvalue weighted by Gasteiger charge is 2.17. The third-order valence-electron chi connectivity index (χ3n) is 3.10. The topological polar surface area (TPSA) is 71.1 Å². The van der Waals surface area contributed by atoms with Gasteiger partial charge in [0, 0.05) is 28.7 Å². The zero-order chi connectivity index (χ0) is 14.1. The predicted molar refractivity (Wildman–Crippen MR) is 78.2 cm³/mol. The molecule has 0 aliphatic carbocycles. The molecule has 0 saturated carbocycles. The van der Waals surface area contributed by atoms with Crippen molar-refractivity contribution in [2.24, 2.45) is 0 Å². The summed E-state index contributed by atoms with van der Waals surface area (Å²) in [5, 5.41) is 6.17. The fourth-order valence-corrected chi connectivity index (χ4v) is 2.77. The Morgan fingerprint density at radius 3 is 3.00 bits per heavy atom. The summed E-state index contributed by atoms with van der Waals surface area (Å²) in [5.41, 5.74) is 2.36. The molecule has 0 fully saturated rings. The number of thiazole rings is 1. The summed E-state index contributed by atoms with van der Waals surface area (Å²) in [6.45, 7) is 1.94. The van der Waals surface area contributed by atoms with Crippen LogP contribution in [0, 0.1) is 6.92 Å². The molecule has 1 aliphatic rings. The van der Waals surface area contributed by atoms with Crippen molar-refractivity contribution in [2.45, 2.75) is 19.8 Å². The van der Waals surface area contributed by atoms with Gasteiger partial charge in [0.1, 0.15) is 0 Å². The van der Waals surface area contributed by atoms with Crippen LogP contribution >= 0.6 is 11.3 Å². The molecule has 102 valence electrons. The summed E-state index contributed by atoms with van der Waals surface area (Å²) < 4.78 is 0. The Labute approximate surface area is 120 Å². The molecule has 0 bridgehead atoms. The van der Waals surface area contributed by atoms with E-state index in [1.165, 1.54) is 11.3 Å². The number of aromatic nitrogens is 1. The Morgan fingerprint density at radius 1 is 1.40 bits per heavy atom. The van der Waals surface area contributed by atoms with Crippen molar-refractivity contribution >= 4 is 34.0 Å². The Bertz CT molecular complexity index is 693. The van der Waals surface area contributed by atoms with Crippen molar-refractivity contribution in [1.29, 1.82) is 0 Å². The number of carbonyl (C=O) groups is 2. The SMILES string of the molecule is Cc1cnc(NC(=O)c2ccc3c(c2)CCC(=O)N3)s1. The van der Waals surface area contributed by atoms with Crippen molar-refractivity contribution in [2.75, 3.05) is 10.6 Å². The lowest BCUT2D eigenvalue weighted by Crippen LogP contribution is -2.20. The van der Waals surface area contributed by atoms with Crippen molar-refractivity contribution in [3.63, 3.8) is 0 Å². The third-order valence-corrected chi connectivity index (χ3v) is 3.93. The lowest BCUT2D eigenvalue weighted by Gasteiger charge is -2.17. The van der Waals surface area contributed by atoms with E-state index in [1.54, 1.807) is 18.3 Å². The fourth-order valence-electron chi connectivity index (χ4n) is 2.11. The van der Waals surface area contributed by atoms with Crippen LogP contribution in [0.1, 0.15) is 27.2 Å². The molecule has 5 nitrogen and oxygen atoms in total. The Kier molecular flexibility index (Phi) is 3.23. The van der Waals surface area contributed by atoms with Gasteiger partial charge in [-0.1, -0.05) is 0 Å². The number of benzene rings is 1. The Balaban J connectivity index is 1.80. The highest BCUT2D eigenvalue weighted by atomic mass is 32.1. The van der Waals surface area contributed by atoms with Crippen LogP contribution in [0.5, 0.6) is 0 Å². The van der Waals surface area contributed by atoms with Crippen LogP contribution in [-0.2, 0) is 11.2 Å². The van der Waals surface area contributed by atoms with Crippen molar-refractivity contribution < 1.29 is 9.59 Å². The summed E-state index contributed by atoms with van der Waals surface area (Å²) in [7, 11) is 0. The second-order valence-electron chi connectivity index (χ2n) is 4.65. The maximum Gasteiger partial charge on any atom is 0.257 e. The van der Waals surface area contributed by atoms with Gasteiger partial charge >= 0.3 is 0 Å². The lowest BCUT2D eigenvalue weighted by atomic mass is 10.0. The van der Waals surface area contributed by atoms with Crippen molar-refractivity contribution in [3.05, 3.63) is 40.4 Å². The van der Waals surface area contributed by atoms with Gasteiger partial charge in [-0.15, -0.1) is 11.3 Å². The number of carbonyl (C=O) groups excluding carboxylic acids is 2. The summed E-state index contributed by atoms with van der Waals surface area (Å²) >= 11 is 1.44. The number of aryl methyl sites for hydroxylation is 2. The molecule has 3 rings (SSSR count). The van der Waals surface area contributed by atoms with Gasteiger partial charge in [0.05, 0.1) is 0 Å². The average molecular weight is 287 g/mol. The van der Waals surface area contributed by atoms with Gasteiger partial charge in [0.15, 0.2) is 5.13 Å². The second-order valence-corrected chi connectivity index (χ2v) is 5.89. The standard InChI is InChI=1S/C14H13N3O2S/c1-8-7-15-14(20-8)17-13(19)10-2-4-11-9(6-10)3-5-12(18)16-11/h2,4,6-7H,3,5H2,1H3,(H,16,18)(H,15,17,19). The number of anilines is 2. The van der Waals surface area contributed by atoms with E-state index in [-0.39, 0.29) is 11.8 Å². The van der Waals surface area contributed by atoms with E-state index in [9.17, 15) is 9.59 Å². The molecule has 2 N–H and O–H groups in total. The molecule has 0 unspecified atom stereocenters. The molecular formula is C14H13N3O2S. The summed E-state index contributed by atoms with van der Waals surface area (Å²) in [6.07, 6.45) is 2.85. The minimum absolute atomic E-state index is 0.0213. The molecule has 0 atom stereocenters.